The molecule has 4 aliphatic heterocycles. The molecular formula is C71H106N14O31S8. The van der Waals surface area contributed by atoms with Crippen LogP contribution in [0.5, 0.6) is 0 Å². The van der Waals surface area contributed by atoms with Gasteiger partial charge in [-0.05, 0) is 48.9 Å². The van der Waals surface area contributed by atoms with Crippen LogP contribution < -0.4 is 27.9 Å². The monoisotopic (exact) mass is 1910 g/mol. The standard InChI is InChI=1S/C25H38O10S2.C20H30N6O8S2.C15H21N5O7S2.C11H17N3O6S2/c1-15-5-6-19-16(2)22(32-23-25(19)18(15)9-10-24(4,33-23)34-35-25)31-21(28)8-7-20(27)30-12-14-37-36-13-11-29-17(3)26;1-12(2)14(23-20(30)34-7-9-36-35-8-6-32-13(3)27)18(29)33-5-4-31-11-26-10-22-15-16(26)24-19(21)25-17(15)28;1-10(21)25-4-6-28-29-7-5-27-15(23)26-3-2-24-9-20-8-17-11-12(20)18-14(16)19-13(11)22;1-9-12-8-10(14(17)18)13(9)2-4-19-11(16)20-5-7-22-21-6-3-15/h15-16,18-19,22-23H,5-14H2,1-4H3;10,12,14H,4-9,11H2,1-3H3,(H,23,30)(H3,21,24,25,28);8H,2-7,9H2,1H3,(H3,16,18,19,22);8,15H,2-7H2,1H3/t15-,16-,18+,19+,22?,23-,24-,25-;14-;;/m10../s1. The number of ether oxygens (including phenoxy) is 15. The van der Waals surface area contributed by atoms with Crippen molar-refractivity contribution >= 4 is 181 Å². The van der Waals surface area contributed by atoms with Crippen molar-refractivity contribution in [2.45, 2.75) is 151 Å². The van der Waals surface area contributed by atoms with Crippen LogP contribution in [-0.2, 0) is 130 Å². The maximum absolute atomic E-state index is 12.6. The summed E-state index contributed by atoms with van der Waals surface area (Å²) < 4.78 is 82.8. The van der Waals surface area contributed by atoms with Gasteiger partial charge in [0, 0.05) is 92.0 Å². The predicted molar refractivity (Wildman–Crippen MR) is 459 cm³/mol. The molecule has 5 aromatic rings. The molecule has 1 saturated carbocycles. The number of nitro groups is 1. The van der Waals surface area contributed by atoms with Gasteiger partial charge in [-0.25, -0.2) is 48.5 Å². The second kappa shape index (κ2) is 56.3. The second-order valence-electron chi connectivity index (χ2n) is 27.2. The number of imidazole rings is 3. The van der Waals surface area contributed by atoms with E-state index < -0.39 is 82.4 Å². The first kappa shape index (κ1) is 105. The molecule has 0 aromatic carbocycles. The van der Waals surface area contributed by atoms with Crippen LogP contribution in [0.15, 0.2) is 28.4 Å². The zero-order valence-electron chi connectivity index (χ0n) is 69.7. The number of aliphatic hydroxyl groups is 1. The number of nitrogens with one attached hydrogen (secondary N) is 3. The number of nitrogen functional groups attached to an aromatic ring is 2. The normalized spacial score (nSPS) is 19.2. The number of hydrogen-bond acceptors (Lipinski definition) is 46. The molecule has 1 unspecified atom stereocenters. The zero-order valence-corrected chi connectivity index (χ0v) is 76.2. The molecule has 2 bridgehead atoms. The van der Waals surface area contributed by atoms with Crippen molar-refractivity contribution in [2.75, 3.05) is 143 Å². The van der Waals surface area contributed by atoms with E-state index >= 15 is 0 Å². The summed E-state index contributed by atoms with van der Waals surface area (Å²) in [6.45, 7) is 17.6. The number of carbonyl (C=O) groups is 9. The van der Waals surface area contributed by atoms with Gasteiger partial charge >= 0.3 is 60.0 Å². The van der Waals surface area contributed by atoms with Crippen LogP contribution in [0.4, 0.5) is 32.1 Å². The van der Waals surface area contributed by atoms with Crippen molar-refractivity contribution in [1.82, 2.24) is 53.9 Å². The van der Waals surface area contributed by atoms with Gasteiger partial charge in [-0.2, -0.15) is 9.97 Å². The van der Waals surface area contributed by atoms with Crippen molar-refractivity contribution in [1.29, 1.82) is 0 Å². The van der Waals surface area contributed by atoms with Gasteiger partial charge in [-0.3, -0.25) is 52.7 Å². The molecule has 10 rings (SSSR count). The molecule has 694 valence electrons. The lowest BCUT2D eigenvalue weighted by molar-refractivity contribution is -0.576. The van der Waals surface area contributed by atoms with Crippen molar-refractivity contribution in [3.8, 4) is 0 Å². The van der Waals surface area contributed by atoms with Gasteiger partial charge in [0.1, 0.15) is 98.3 Å². The smallest absolute Gasteiger partial charge is 0.465 e. The molecule has 5 aliphatic rings. The molecule has 45 nitrogen and oxygen atoms in total. The number of rotatable bonds is 48. The Labute approximate surface area is 743 Å². The molecule has 1 spiro atoms. The maximum atomic E-state index is 12.6. The Balaban J connectivity index is 0.000000260. The average molecular weight is 1910 g/mol. The molecule has 9 atom stereocenters. The van der Waals surface area contributed by atoms with Crippen LogP contribution in [0.2, 0.25) is 0 Å². The lowest BCUT2D eigenvalue weighted by Crippen LogP contribution is -2.70. The summed E-state index contributed by atoms with van der Waals surface area (Å²) in [5.74, 6) is 2.15. The van der Waals surface area contributed by atoms with Gasteiger partial charge < -0.3 is 103 Å². The van der Waals surface area contributed by atoms with Gasteiger partial charge in [0.25, 0.3) is 11.1 Å². The van der Waals surface area contributed by atoms with E-state index in [1.54, 1.807) is 20.8 Å². The average Bonchev–Trinajstić information content (AvgIpc) is 1.42. The van der Waals surface area contributed by atoms with Gasteiger partial charge in [0.15, 0.2) is 40.0 Å². The van der Waals surface area contributed by atoms with E-state index in [1.165, 1.54) is 133 Å². The third-order valence-corrected chi connectivity index (χ3v) is 27.1. The van der Waals surface area contributed by atoms with E-state index in [0.29, 0.717) is 89.7 Å². The summed E-state index contributed by atoms with van der Waals surface area (Å²) in [7, 11) is 12.0. The number of H-pyrrole nitrogens is 2. The number of fused-ring (bicyclic) bond motifs is 4. The SMILES string of the molecule is CC(=O)OCCSSCCOC(=O)CCC(=O)OC1O[C@@H]2O[C@@]3(C)CC[C@H]4[C@H](C)CC[C@@H]([C@H]1C)[C@@]24OO3.CC(=O)OCCSSCCOC(=O)N[C@H](C(=O)OCCOCn1cnc2c(=O)[nH]c(N)nc21)C(C)C.CC(=O)OCCSSCCOC(=O)OCCOCn1cnc2c(=O)[nH]c(N)nc21.Cc1ncc([N+](=O)[O-])n1CCOC(=O)OCCSSCCO. The van der Waals surface area contributed by atoms with E-state index in [1.807, 2.05) is 13.8 Å². The number of aryl methyl sites for hydroxylation is 1. The summed E-state index contributed by atoms with van der Waals surface area (Å²) in [6.07, 6.45) is 3.62. The van der Waals surface area contributed by atoms with Crippen molar-refractivity contribution in [3.05, 3.63) is 55.5 Å². The summed E-state index contributed by atoms with van der Waals surface area (Å²) >= 11 is 0. The lowest BCUT2D eigenvalue weighted by Gasteiger charge is -2.59. The number of alkyl carbamates (subject to hydrolysis) is 1. The van der Waals surface area contributed by atoms with Crippen LogP contribution in [0.3, 0.4) is 0 Å². The van der Waals surface area contributed by atoms with E-state index in [2.05, 4.69) is 47.1 Å². The van der Waals surface area contributed by atoms with E-state index in [9.17, 15) is 62.9 Å². The molecule has 8 N–H and O–H groups in total. The first-order valence-corrected chi connectivity index (χ1v) is 48.8. The maximum Gasteiger partial charge on any atom is 0.508 e. The third kappa shape index (κ3) is 36.4. The predicted octanol–water partition coefficient (Wildman–Crippen LogP) is 7.32. The first-order valence-electron chi connectivity index (χ1n) is 38.8. The Kier molecular flexibility index (Phi) is 47.6. The highest BCUT2D eigenvalue weighted by molar-refractivity contribution is 8.77. The van der Waals surface area contributed by atoms with E-state index in [-0.39, 0.29) is 175 Å². The minimum Gasteiger partial charge on any atom is -0.465 e. The number of aliphatic hydroxyl groups excluding tert-OH is 1. The first-order chi connectivity index (χ1) is 59.4. The highest BCUT2D eigenvalue weighted by Crippen LogP contribution is 2.60. The third-order valence-electron chi connectivity index (χ3n) is 17.7. The number of aromatic amines is 2. The fraction of sp³-hybridized carbons (Fsp3) is 0.690. The van der Waals surface area contributed by atoms with Gasteiger partial charge in [-0.1, -0.05) is 114 Å². The van der Waals surface area contributed by atoms with Crippen molar-refractivity contribution in [2.24, 2.45) is 29.6 Å². The zero-order chi connectivity index (χ0) is 90.6. The Morgan fingerprint density at radius 2 is 1.08 bits per heavy atom. The lowest BCUT2D eigenvalue weighted by atomic mass is 9.58. The van der Waals surface area contributed by atoms with Crippen LogP contribution in [0, 0.1) is 46.6 Å². The van der Waals surface area contributed by atoms with Crippen LogP contribution >= 0.6 is 86.4 Å². The van der Waals surface area contributed by atoms with Crippen LogP contribution in [0.1, 0.15) is 99.7 Å². The van der Waals surface area contributed by atoms with Crippen molar-refractivity contribution in [3.63, 3.8) is 0 Å². The topological polar surface area (TPSA) is 583 Å². The summed E-state index contributed by atoms with van der Waals surface area (Å²) in [4.78, 5) is 174. The fourth-order valence-corrected chi connectivity index (χ4v) is 18.7. The number of carbonyl (C=O) groups excluding carboxylic acids is 9. The fourth-order valence-electron chi connectivity index (χ4n) is 12.1. The summed E-state index contributed by atoms with van der Waals surface area (Å²) in [5, 5.41) is 21.9. The number of amides is 1. The van der Waals surface area contributed by atoms with Crippen LogP contribution in [0.25, 0.3) is 22.3 Å². The molecule has 1 amide bonds. The van der Waals surface area contributed by atoms with Gasteiger partial charge in [0.2, 0.25) is 24.0 Å². The molecule has 9 heterocycles. The molecule has 0 radical (unpaired) electrons. The number of aromatic nitrogens is 10. The minimum atomic E-state index is -0.893. The number of hydrogen-bond donors (Lipinski definition) is 6. The molecular weight excluding hydrogens is 1800 g/mol. The molecule has 4 saturated heterocycles. The Hall–Kier alpha value is -7.94. The number of anilines is 2. The quantitative estimate of drug-likeness (QED) is 0.00422. The Bertz CT molecular complexity index is 4340. The molecule has 5 fully saturated rings. The van der Waals surface area contributed by atoms with Crippen LogP contribution in [-0.4, -0.2) is 275 Å². The number of nitrogens with zero attached hydrogens (tertiary/aromatic N) is 9. The minimum absolute atomic E-state index is 0.00585. The highest BCUT2D eigenvalue weighted by Gasteiger charge is 2.70. The Morgan fingerprint density at radius 3 is 1.58 bits per heavy atom. The number of nitrogens with two attached hydrogens (primary N) is 2. The van der Waals surface area contributed by atoms with Gasteiger partial charge in [0.05, 0.1) is 45.3 Å². The summed E-state index contributed by atoms with van der Waals surface area (Å²) in [5.41, 5.74) is 10.3. The highest BCUT2D eigenvalue weighted by atomic mass is 33.1. The van der Waals surface area contributed by atoms with E-state index in [4.69, 9.17) is 97.4 Å². The largest absolute Gasteiger partial charge is 0.508 e. The van der Waals surface area contributed by atoms with Gasteiger partial charge in [-0.15, -0.1) is 0 Å². The molecule has 124 heavy (non-hydrogen) atoms. The number of esters is 6. The Morgan fingerprint density at radius 1 is 0.613 bits per heavy atom. The van der Waals surface area contributed by atoms with E-state index in [0.717, 1.165) is 25.5 Å². The second-order valence-corrected chi connectivity index (χ2v) is 38.0. The molecule has 1 aliphatic carbocycles. The van der Waals surface area contributed by atoms with Crippen molar-refractivity contribution < 1.29 is 134 Å². The molecule has 53 heteroatoms. The molecule has 5 aromatic heterocycles. The summed E-state index contributed by atoms with van der Waals surface area (Å²) in [6, 6.07) is -0.889.